The summed E-state index contributed by atoms with van der Waals surface area (Å²) in [6.07, 6.45) is 1.76. The maximum absolute atomic E-state index is 12.1. The van der Waals surface area contributed by atoms with E-state index in [0.29, 0.717) is 0 Å². The van der Waals surface area contributed by atoms with Crippen molar-refractivity contribution in [2.24, 2.45) is 0 Å². The number of amides is 2. The number of rotatable bonds is 5. The zero-order valence-electron chi connectivity index (χ0n) is 11.8. The minimum Gasteiger partial charge on any atom is -0.378 e. The average Bonchev–Trinajstić information content (AvgIpc) is 2.67. The predicted molar refractivity (Wildman–Crippen MR) is 79.7 cm³/mol. The summed E-state index contributed by atoms with van der Waals surface area (Å²) in [6.45, 7) is 3.83. The van der Waals surface area contributed by atoms with Crippen LogP contribution in [0.3, 0.4) is 0 Å². The summed E-state index contributed by atoms with van der Waals surface area (Å²) in [7, 11) is 3.93. The van der Waals surface area contributed by atoms with Gasteiger partial charge in [-0.05, 0) is 24.3 Å². The Hall–Kier alpha value is -2.30. The summed E-state index contributed by atoms with van der Waals surface area (Å²) in [6, 6.07) is 7.26. The van der Waals surface area contributed by atoms with E-state index in [1.807, 2.05) is 43.3 Å². The molecule has 1 aromatic rings. The van der Waals surface area contributed by atoms with Crippen molar-refractivity contribution < 1.29 is 9.59 Å². The number of hydrogen-bond donors (Lipinski definition) is 1. The van der Waals surface area contributed by atoms with Crippen molar-refractivity contribution >= 4 is 23.2 Å². The van der Waals surface area contributed by atoms with Crippen molar-refractivity contribution in [3.05, 3.63) is 36.9 Å². The Kier molecular flexibility index (Phi) is 4.08. The van der Waals surface area contributed by atoms with E-state index in [1.54, 1.807) is 6.08 Å². The third-order valence-corrected chi connectivity index (χ3v) is 3.28. The fourth-order valence-corrected chi connectivity index (χ4v) is 2.17. The van der Waals surface area contributed by atoms with Gasteiger partial charge in [-0.1, -0.05) is 6.08 Å². The quantitative estimate of drug-likeness (QED) is 0.652. The first-order valence-corrected chi connectivity index (χ1v) is 6.52. The van der Waals surface area contributed by atoms with Crippen LogP contribution < -0.4 is 10.2 Å². The third-order valence-electron chi connectivity index (χ3n) is 3.28. The lowest BCUT2D eigenvalue weighted by Crippen LogP contribution is -2.34. The minimum atomic E-state index is -0.479. The van der Waals surface area contributed by atoms with Gasteiger partial charge >= 0.3 is 0 Å². The molecule has 1 atom stereocenters. The van der Waals surface area contributed by atoms with Gasteiger partial charge in [-0.25, -0.2) is 0 Å². The molecule has 5 heteroatoms. The van der Waals surface area contributed by atoms with Crippen molar-refractivity contribution in [1.29, 1.82) is 0 Å². The highest BCUT2D eigenvalue weighted by Gasteiger charge is 2.37. The van der Waals surface area contributed by atoms with Crippen LogP contribution in [0.4, 0.5) is 11.4 Å². The van der Waals surface area contributed by atoms with Crippen molar-refractivity contribution in [3.63, 3.8) is 0 Å². The standard InChI is InChI=1S/C15H19N3O2/c1-4-9-18-14(19)10-13(15(18)20)16-11-5-7-12(8-6-11)17(2)3/h4-8,13,16H,1,9-10H2,2-3H3. The Labute approximate surface area is 118 Å². The van der Waals surface area contributed by atoms with Crippen LogP contribution in [-0.4, -0.2) is 43.4 Å². The topological polar surface area (TPSA) is 52.7 Å². The first kappa shape index (κ1) is 14.1. The van der Waals surface area contributed by atoms with Crippen LogP contribution in [0.5, 0.6) is 0 Å². The Balaban J connectivity index is 2.05. The largest absolute Gasteiger partial charge is 0.378 e. The number of nitrogens with zero attached hydrogens (tertiary/aromatic N) is 2. The van der Waals surface area contributed by atoms with Gasteiger partial charge in [0.2, 0.25) is 5.91 Å². The molecule has 0 saturated carbocycles. The van der Waals surface area contributed by atoms with E-state index in [0.717, 1.165) is 11.4 Å². The molecule has 2 rings (SSSR count). The van der Waals surface area contributed by atoms with Crippen molar-refractivity contribution in [3.8, 4) is 0 Å². The van der Waals surface area contributed by atoms with Gasteiger partial charge < -0.3 is 10.2 Å². The Morgan fingerprint density at radius 2 is 2.00 bits per heavy atom. The van der Waals surface area contributed by atoms with Gasteiger partial charge in [0.15, 0.2) is 0 Å². The van der Waals surface area contributed by atoms with Crippen LogP contribution in [0.25, 0.3) is 0 Å². The molecule has 1 aliphatic heterocycles. The first-order chi connectivity index (χ1) is 9.52. The van der Waals surface area contributed by atoms with E-state index in [2.05, 4.69) is 11.9 Å². The summed E-state index contributed by atoms with van der Waals surface area (Å²) in [4.78, 5) is 27.0. The number of carbonyl (C=O) groups excluding carboxylic acids is 2. The van der Waals surface area contributed by atoms with Gasteiger partial charge in [0.25, 0.3) is 5.91 Å². The minimum absolute atomic E-state index is 0.155. The molecular weight excluding hydrogens is 254 g/mol. The van der Waals surface area contributed by atoms with Gasteiger partial charge in [-0.2, -0.15) is 0 Å². The highest BCUT2D eigenvalue weighted by molar-refractivity contribution is 6.06. The molecule has 1 fully saturated rings. The molecule has 2 amide bonds. The second-order valence-corrected chi connectivity index (χ2v) is 4.97. The molecule has 20 heavy (non-hydrogen) atoms. The van der Waals surface area contributed by atoms with E-state index in [1.165, 1.54) is 4.90 Å². The zero-order valence-corrected chi connectivity index (χ0v) is 11.8. The van der Waals surface area contributed by atoms with Crippen molar-refractivity contribution in [1.82, 2.24) is 4.90 Å². The lowest BCUT2D eigenvalue weighted by Gasteiger charge is -2.16. The molecule has 0 radical (unpaired) electrons. The molecule has 1 saturated heterocycles. The molecule has 0 spiro atoms. The monoisotopic (exact) mass is 273 g/mol. The summed E-state index contributed by atoms with van der Waals surface area (Å²) < 4.78 is 0. The number of anilines is 2. The molecule has 0 aliphatic carbocycles. The lowest BCUT2D eigenvalue weighted by molar-refractivity contribution is -0.137. The predicted octanol–water partition coefficient (Wildman–Crippen LogP) is 1.48. The molecule has 1 N–H and O–H groups in total. The van der Waals surface area contributed by atoms with Crippen LogP contribution in [0, 0.1) is 0 Å². The molecule has 5 nitrogen and oxygen atoms in total. The van der Waals surface area contributed by atoms with Crippen LogP contribution in [0.15, 0.2) is 36.9 Å². The van der Waals surface area contributed by atoms with E-state index in [4.69, 9.17) is 0 Å². The second kappa shape index (κ2) is 5.77. The Morgan fingerprint density at radius 1 is 1.35 bits per heavy atom. The molecule has 0 aromatic heterocycles. The van der Waals surface area contributed by atoms with E-state index in [9.17, 15) is 9.59 Å². The fraction of sp³-hybridized carbons (Fsp3) is 0.333. The smallest absolute Gasteiger partial charge is 0.252 e. The van der Waals surface area contributed by atoms with Crippen LogP contribution in [0.2, 0.25) is 0 Å². The van der Waals surface area contributed by atoms with Gasteiger partial charge in [-0.15, -0.1) is 6.58 Å². The molecule has 1 aromatic carbocycles. The van der Waals surface area contributed by atoms with Gasteiger partial charge in [-0.3, -0.25) is 14.5 Å². The molecule has 1 unspecified atom stereocenters. The molecule has 1 heterocycles. The maximum atomic E-state index is 12.1. The number of nitrogens with one attached hydrogen (secondary N) is 1. The highest BCUT2D eigenvalue weighted by Crippen LogP contribution is 2.20. The summed E-state index contributed by atoms with van der Waals surface area (Å²) in [5, 5.41) is 3.11. The van der Waals surface area contributed by atoms with Crippen LogP contribution in [-0.2, 0) is 9.59 Å². The van der Waals surface area contributed by atoms with Gasteiger partial charge in [0, 0.05) is 32.0 Å². The summed E-state index contributed by atoms with van der Waals surface area (Å²) in [5.74, 6) is -0.344. The number of benzene rings is 1. The lowest BCUT2D eigenvalue weighted by atomic mass is 10.2. The van der Waals surface area contributed by atoms with E-state index < -0.39 is 6.04 Å². The highest BCUT2D eigenvalue weighted by atomic mass is 16.2. The van der Waals surface area contributed by atoms with Crippen molar-refractivity contribution in [2.75, 3.05) is 30.9 Å². The number of carbonyl (C=O) groups is 2. The second-order valence-electron chi connectivity index (χ2n) is 4.97. The summed E-state index contributed by atoms with van der Waals surface area (Å²) >= 11 is 0. The Morgan fingerprint density at radius 3 is 2.55 bits per heavy atom. The number of hydrogen-bond acceptors (Lipinski definition) is 4. The van der Waals surface area contributed by atoms with Gasteiger partial charge in [0.1, 0.15) is 6.04 Å². The van der Waals surface area contributed by atoms with Crippen LogP contribution in [0.1, 0.15) is 6.42 Å². The zero-order chi connectivity index (χ0) is 14.7. The fourth-order valence-electron chi connectivity index (χ4n) is 2.17. The number of imide groups is 1. The molecule has 106 valence electrons. The van der Waals surface area contributed by atoms with Crippen molar-refractivity contribution in [2.45, 2.75) is 12.5 Å². The summed E-state index contributed by atoms with van der Waals surface area (Å²) in [5.41, 5.74) is 1.92. The molecule has 0 bridgehead atoms. The maximum Gasteiger partial charge on any atom is 0.252 e. The van der Waals surface area contributed by atoms with E-state index >= 15 is 0 Å². The van der Waals surface area contributed by atoms with Crippen LogP contribution >= 0.6 is 0 Å². The van der Waals surface area contributed by atoms with E-state index in [-0.39, 0.29) is 24.8 Å². The molecular formula is C15H19N3O2. The molecule has 1 aliphatic rings. The normalized spacial score (nSPS) is 18.3. The third kappa shape index (κ3) is 2.82. The first-order valence-electron chi connectivity index (χ1n) is 6.52. The number of likely N-dealkylation sites (tertiary alicyclic amines) is 1. The average molecular weight is 273 g/mol. The Bertz CT molecular complexity index is 522. The SMILES string of the molecule is C=CCN1C(=O)CC(Nc2ccc(N(C)C)cc2)C1=O. The van der Waals surface area contributed by atoms with Gasteiger partial charge in [0.05, 0.1) is 6.42 Å².